The minimum Gasteiger partial charge on any atom is -0.446 e. The molecule has 0 saturated heterocycles. The number of amides is 1. The average Bonchev–Trinajstić information content (AvgIpc) is 3.27. The molecule has 134 valence electrons. The molecule has 0 spiro atoms. The molecule has 0 aliphatic heterocycles. The van der Waals surface area contributed by atoms with Gasteiger partial charge in [-0.2, -0.15) is 0 Å². The highest BCUT2D eigenvalue weighted by molar-refractivity contribution is 9.10. The Morgan fingerprint density at radius 1 is 1.15 bits per heavy atom. The van der Waals surface area contributed by atoms with Crippen molar-refractivity contribution in [2.45, 2.75) is 0 Å². The molecule has 0 unspecified atom stereocenters. The van der Waals surface area contributed by atoms with E-state index in [4.69, 9.17) is 4.42 Å². The van der Waals surface area contributed by atoms with Crippen molar-refractivity contribution in [2.24, 2.45) is 0 Å². The molecule has 4 rings (SSSR count). The van der Waals surface area contributed by atoms with E-state index in [0.717, 1.165) is 11.0 Å². The summed E-state index contributed by atoms with van der Waals surface area (Å²) in [6.07, 6.45) is 0. The lowest BCUT2D eigenvalue weighted by Gasteiger charge is -2.05. The highest BCUT2D eigenvalue weighted by Crippen LogP contribution is 2.26. The normalized spacial score (nSPS) is 10.9. The second kappa shape index (κ2) is 6.69. The first-order valence-corrected chi connectivity index (χ1v) is 8.60. The SMILES string of the molecule is O=C(Nc1ccc2nc(-c3ccc(Br)o3)[nH]c2c1)c1ccc([N+](=O)[O-])cc1. The zero-order valence-corrected chi connectivity index (χ0v) is 15.2. The van der Waals surface area contributed by atoms with Gasteiger partial charge in [-0.1, -0.05) is 0 Å². The van der Waals surface area contributed by atoms with Crippen molar-refractivity contribution in [1.82, 2.24) is 9.97 Å². The van der Waals surface area contributed by atoms with Gasteiger partial charge in [0.2, 0.25) is 0 Å². The Hall–Kier alpha value is -3.46. The quantitative estimate of drug-likeness (QED) is 0.361. The number of anilines is 1. The number of aromatic nitrogens is 2. The van der Waals surface area contributed by atoms with Gasteiger partial charge in [0, 0.05) is 23.4 Å². The Kier molecular flexibility index (Phi) is 4.21. The largest absolute Gasteiger partial charge is 0.446 e. The number of non-ortho nitro benzene ring substituents is 1. The van der Waals surface area contributed by atoms with Gasteiger partial charge >= 0.3 is 0 Å². The molecule has 2 aromatic carbocycles. The predicted octanol–water partition coefficient (Wildman–Crippen LogP) is 4.75. The second-order valence-corrected chi connectivity index (χ2v) is 6.46. The van der Waals surface area contributed by atoms with Crippen molar-refractivity contribution in [2.75, 3.05) is 5.32 Å². The van der Waals surface area contributed by atoms with Gasteiger partial charge in [0.1, 0.15) is 0 Å². The molecule has 0 radical (unpaired) electrons. The molecule has 8 nitrogen and oxygen atoms in total. The molecule has 0 fully saturated rings. The van der Waals surface area contributed by atoms with Gasteiger partial charge in [-0.05, 0) is 58.4 Å². The molecule has 1 amide bonds. The van der Waals surface area contributed by atoms with Crippen LogP contribution in [0.1, 0.15) is 10.4 Å². The van der Waals surface area contributed by atoms with Crippen LogP contribution in [0, 0.1) is 10.1 Å². The van der Waals surface area contributed by atoms with E-state index in [0.29, 0.717) is 27.5 Å². The van der Waals surface area contributed by atoms with Crippen LogP contribution >= 0.6 is 15.9 Å². The number of aromatic amines is 1. The summed E-state index contributed by atoms with van der Waals surface area (Å²) >= 11 is 3.25. The van der Waals surface area contributed by atoms with E-state index in [1.54, 1.807) is 30.3 Å². The van der Waals surface area contributed by atoms with E-state index in [9.17, 15) is 14.9 Å². The van der Waals surface area contributed by atoms with Crippen LogP contribution in [-0.2, 0) is 0 Å². The number of benzene rings is 2. The average molecular weight is 427 g/mol. The zero-order chi connectivity index (χ0) is 19.0. The Labute approximate surface area is 160 Å². The maximum Gasteiger partial charge on any atom is 0.269 e. The van der Waals surface area contributed by atoms with Crippen LogP contribution in [0.4, 0.5) is 11.4 Å². The maximum absolute atomic E-state index is 12.3. The van der Waals surface area contributed by atoms with Gasteiger partial charge in [0.05, 0.1) is 16.0 Å². The number of fused-ring (bicyclic) bond motifs is 1. The van der Waals surface area contributed by atoms with Crippen LogP contribution < -0.4 is 5.32 Å². The van der Waals surface area contributed by atoms with E-state index >= 15 is 0 Å². The number of nitrogens with zero attached hydrogens (tertiary/aromatic N) is 2. The maximum atomic E-state index is 12.3. The minimum atomic E-state index is -0.511. The number of nitro benzene ring substituents is 1. The molecular formula is C18H11BrN4O4. The summed E-state index contributed by atoms with van der Waals surface area (Å²) in [5.74, 6) is 0.808. The van der Waals surface area contributed by atoms with Crippen LogP contribution in [0.2, 0.25) is 0 Å². The van der Waals surface area contributed by atoms with Gasteiger partial charge < -0.3 is 14.7 Å². The third-order valence-corrected chi connectivity index (χ3v) is 4.31. The fourth-order valence-corrected chi connectivity index (χ4v) is 2.89. The van der Waals surface area contributed by atoms with E-state index in [1.807, 2.05) is 0 Å². The molecule has 27 heavy (non-hydrogen) atoms. The molecule has 0 aliphatic rings. The van der Waals surface area contributed by atoms with Crippen LogP contribution in [0.3, 0.4) is 0 Å². The molecule has 9 heteroatoms. The van der Waals surface area contributed by atoms with Crippen molar-refractivity contribution in [3.63, 3.8) is 0 Å². The van der Waals surface area contributed by atoms with E-state index < -0.39 is 4.92 Å². The van der Waals surface area contributed by atoms with E-state index in [2.05, 4.69) is 31.2 Å². The number of nitro groups is 1. The Bertz CT molecular complexity index is 1160. The minimum absolute atomic E-state index is 0.0671. The monoisotopic (exact) mass is 426 g/mol. The Morgan fingerprint density at radius 3 is 2.59 bits per heavy atom. The number of rotatable bonds is 4. The number of nitrogens with one attached hydrogen (secondary N) is 2. The summed E-state index contributed by atoms with van der Waals surface area (Å²) in [4.78, 5) is 30.1. The van der Waals surface area contributed by atoms with E-state index in [-0.39, 0.29) is 11.6 Å². The summed E-state index contributed by atoms with van der Waals surface area (Å²) in [5.41, 5.74) is 2.29. The first-order valence-electron chi connectivity index (χ1n) is 7.81. The molecule has 2 N–H and O–H groups in total. The van der Waals surface area contributed by atoms with Gasteiger partial charge in [-0.25, -0.2) is 4.98 Å². The summed E-state index contributed by atoms with van der Waals surface area (Å²) in [6.45, 7) is 0. The van der Waals surface area contributed by atoms with Gasteiger partial charge in [-0.15, -0.1) is 0 Å². The smallest absolute Gasteiger partial charge is 0.269 e. The third-order valence-electron chi connectivity index (χ3n) is 3.89. The lowest BCUT2D eigenvalue weighted by atomic mass is 10.2. The van der Waals surface area contributed by atoms with Crippen LogP contribution in [0.15, 0.2) is 63.7 Å². The van der Waals surface area contributed by atoms with Crippen molar-refractivity contribution in [3.05, 3.63) is 74.9 Å². The van der Waals surface area contributed by atoms with Gasteiger partial charge in [0.15, 0.2) is 16.3 Å². The van der Waals surface area contributed by atoms with Crippen LogP contribution in [0.5, 0.6) is 0 Å². The number of hydrogen-bond acceptors (Lipinski definition) is 5. The van der Waals surface area contributed by atoms with Crippen molar-refractivity contribution in [1.29, 1.82) is 0 Å². The van der Waals surface area contributed by atoms with Crippen molar-refractivity contribution >= 4 is 44.2 Å². The fraction of sp³-hybridized carbons (Fsp3) is 0. The fourth-order valence-electron chi connectivity index (χ4n) is 2.58. The second-order valence-electron chi connectivity index (χ2n) is 5.68. The molecular weight excluding hydrogens is 416 g/mol. The lowest BCUT2D eigenvalue weighted by Crippen LogP contribution is -2.11. The summed E-state index contributed by atoms with van der Waals surface area (Å²) in [6, 6.07) is 14.2. The number of carbonyl (C=O) groups excluding carboxylic acids is 1. The standard InChI is InChI=1S/C18H11BrN4O4/c19-16-8-7-15(27-16)17-21-13-6-3-11(9-14(13)22-17)20-18(24)10-1-4-12(5-2-10)23(25)26/h1-9H,(H,20,24)(H,21,22). The highest BCUT2D eigenvalue weighted by atomic mass is 79.9. The van der Waals surface area contributed by atoms with Crippen molar-refractivity contribution < 1.29 is 14.1 Å². The number of carbonyl (C=O) groups is 1. The Balaban J connectivity index is 1.56. The molecule has 0 atom stereocenters. The predicted molar refractivity (Wildman–Crippen MR) is 103 cm³/mol. The van der Waals surface area contributed by atoms with Crippen LogP contribution in [0.25, 0.3) is 22.6 Å². The lowest BCUT2D eigenvalue weighted by molar-refractivity contribution is -0.384. The summed E-state index contributed by atoms with van der Waals surface area (Å²) < 4.78 is 6.09. The number of imidazole rings is 1. The van der Waals surface area contributed by atoms with Gasteiger partial charge in [-0.3, -0.25) is 14.9 Å². The number of furan rings is 1. The molecule has 0 saturated carbocycles. The summed E-state index contributed by atoms with van der Waals surface area (Å²) in [5, 5.41) is 13.5. The molecule has 0 bridgehead atoms. The molecule has 2 heterocycles. The molecule has 0 aliphatic carbocycles. The molecule has 2 aromatic heterocycles. The van der Waals surface area contributed by atoms with Gasteiger partial charge in [0.25, 0.3) is 11.6 Å². The van der Waals surface area contributed by atoms with E-state index in [1.165, 1.54) is 24.3 Å². The number of hydrogen-bond donors (Lipinski definition) is 2. The summed E-state index contributed by atoms with van der Waals surface area (Å²) in [7, 11) is 0. The first-order chi connectivity index (χ1) is 13.0. The highest BCUT2D eigenvalue weighted by Gasteiger charge is 2.12. The molecule has 4 aromatic rings. The van der Waals surface area contributed by atoms with Crippen molar-refractivity contribution in [3.8, 4) is 11.6 Å². The Morgan fingerprint density at radius 2 is 1.93 bits per heavy atom. The topological polar surface area (TPSA) is 114 Å². The zero-order valence-electron chi connectivity index (χ0n) is 13.6. The number of halogens is 1. The third kappa shape index (κ3) is 3.44. The van der Waals surface area contributed by atoms with Crippen LogP contribution in [-0.4, -0.2) is 20.8 Å². The first kappa shape index (κ1) is 17.0. The number of H-pyrrole nitrogens is 1.